The zero-order chi connectivity index (χ0) is 14.5. The Morgan fingerprint density at radius 1 is 1.25 bits per heavy atom. The number of likely N-dealkylation sites (N-methyl/N-ethyl adjacent to an activating group) is 1. The SMILES string of the molecule is CC(C)COc1cccc(C(=O)N2CCN(C)CC2)c1. The largest absolute Gasteiger partial charge is 0.493 e. The molecule has 2 rings (SSSR count). The summed E-state index contributed by atoms with van der Waals surface area (Å²) in [6, 6.07) is 7.51. The van der Waals surface area contributed by atoms with E-state index in [2.05, 4.69) is 25.8 Å². The van der Waals surface area contributed by atoms with Gasteiger partial charge in [-0.05, 0) is 31.2 Å². The highest BCUT2D eigenvalue weighted by molar-refractivity contribution is 5.94. The molecular formula is C16H24N2O2. The molecule has 1 heterocycles. The molecule has 110 valence electrons. The monoisotopic (exact) mass is 276 g/mol. The summed E-state index contributed by atoms with van der Waals surface area (Å²) in [5, 5.41) is 0. The Morgan fingerprint density at radius 2 is 1.95 bits per heavy atom. The smallest absolute Gasteiger partial charge is 0.254 e. The molecule has 1 aliphatic heterocycles. The average Bonchev–Trinajstić information content (AvgIpc) is 2.45. The van der Waals surface area contributed by atoms with Gasteiger partial charge in [0.15, 0.2) is 0 Å². The predicted octanol–water partition coefficient (Wildman–Crippen LogP) is 2.11. The van der Waals surface area contributed by atoms with Gasteiger partial charge in [0.1, 0.15) is 5.75 Å². The van der Waals surface area contributed by atoms with E-state index in [0.717, 1.165) is 37.5 Å². The molecule has 0 aliphatic carbocycles. The number of hydrogen-bond donors (Lipinski definition) is 0. The number of piperazine rings is 1. The van der Waals surface area contributed by atoms with Crippen LogP contribution in [0.5, 0.6) is 5.75 Å². The lowest BCUT2D eigenvalue weighted by Gasteiger charge is -2.32. The van der Waals surface area contributed by atoms with Crippen LogP contribution in [0, 0.1) is 5.92 Å². The van der Waals surface area contributed by atoms with Gasteiger partial charge in [0.05, 0.1) is 6.61 Å². The third-order valence-electron chi connectivity index (χ3n) is 3.45. The standard InChI is InChI=1S/C16H24N2O2/c1-13(2)12-20-15-6-4-5-14(11-15)16(19)18-9-7-17(3)8-10-18/h4-6,11,13H,7-10,12H2,1-3H3. The number of amides is 1. The molecule has 0 unspecified atom stereocenters. The fraction of sp³-hybridized carbons (Fsp3) is 0.562. The minimum Gasteiger partial charge on any atom is -0.493 e. The normalized spacial score (nSPS) is 16.5. The minimum absolute atomic E-state index is 0.105. The van der Waals surface area contributed by atoms with Gasteiger partial charge in [0.2, 0.25) is 0 Å². The molecule has 0 spiro atoms. The molecule has 1 amide bonds. The van der Waals surface area contributed by atoms with Crippen molar-refractivity contribution in [2.45, 2.75) is 13.8 Å². The Hall–Kier alpha value is -1.55. The Balaban J connectivity index is 2.00. The molecule has 20 heavy (non-hydrogen) atoms. The molecule has 1 aromatic rings. The van der Waals surface area contributed by atoms with Crippen molar-refractivity contribution in [3.05, 3.63) is 29.8 Å². The van der Waals surface area contributed by atoms with Gasteiger partial charge < -0.3 is 14.5 Å². The van der Waals surface area contributed by atoms with Crippen LogP contribution in [0.15, 0.2) is 24.3 Å². The van der Waals surface area contributed by atoms with Crippen molar-refractivity contribution in [1.82, 2.24) is 9.80 Å². The number of hydrogen-bond acceptors (Lipinski definition) is 3. The molecule has 0 aromatic heterocycles. The summed E-state index contributed by atoms with van der Waals surface area (Å²) in [4.78, 5) is 16.6. The molecule has 0 atom stereocenters. The minimum atomic E-state index is 0.105. The van der Waals surface area contributed by atoms with Gasteiger partial charge in [-0.3, -0.25) is 4.79 Å². The van der Waals surface area contributed by atoms with E-state index >= 15 is 0 Å². The molecule has 0 bridgehead atoms. The summed E-state index contributed by atoms with van der Waals surface area (Å²) in [5.41, 5.74) is 0.718. The van der Waals surface area contributed by atoms with Gasteiger partial charge >= 0.3 is 0 Å². The first-order valence-corrected chi connectivity index (χ1v) is 7.27. The average molecular weight is 276 g/mol. The molecule has 0 N–H and O–H groups in total. The Bertz CT molecular complexity index is 452. The maximum atomic E-state index is 12.4. The number of carbonyl (C=O) groups excluding carboxylic acids is 1. The topological polar surface area (TPSA) is 32.8 Å². The zero-order valence-electron chi connectivity index (χ0n) is 12.6. The van der Waals surface area contributed by atoms with E-state index in [9.17, 15) is 4.79 Å². The van der Waals surface area contributed by atoms with Crippen molar-refractivity contribution in [1.29, 1.82) is 0 Å². The van der Waals surface area contributed by atoms with Crippen LogP contribution in [0.25, 0.3) is 0 Å². The van der Waals surface area contributed by atoms with E-state index in [1.54, 1.807) is 0 Å². The Labute approximate surface area is 121 Å². The molecule has 1 aromatic carbocycles. The van der Waals surface area contributed by atoms with Gasteiger partial charge in [-0.1, -0.05) is 19.9 Å². The van der Waals surface area contributed by atoms with E-state index in [4.69, 9.17) is 4.74 Å². The van der Waals surface area contributed by atoms with Crippen molar-refractivity contribution in [2.24, 2.45) is 5.92 Å². The Kier molecular flexibility index (Phi) is 5.01. The van der Waals surface area contributed by atoms with Gasteiger partial charge in [-0.2, -0.15) is 0 Å². The molecule has 0 saturated carbocycles. The van der Waals surface area contributed by atoms with Crippen LogP contribution >= 0.6 is 0 Å². The summed E-state index contributed by atoms with van der Waals surface area (Å²) < 4.78 is 5.68. The van der Waals surface area contributed by atoms with Crippen LogP contribution < -0.4 is 4.74 Å². The van der Waals surface area contributed by atoms with Gasteiger partial charge in [-0.25, -0.2) is 0 Å². The second-order valence-electron chi connectivity index (χ2n) is 5.83. The van der Waals surface area contributed by atoms with E-state index in [0.29, 0.717) is 12.5 Å². The number of nitrogens with zero attached hydrogens (tertiary/aromatic N) is 2. The lowest BCUT2D eigenvalue weighted by molar-refractivity contribution is 0.0663. The van der Waals surface area contributed by atoms with Crippen LogP contribution in [-0.2, 0) is 0 Å². The second-order valence-corrected chi connectivity index (χ2v) is 5.83. The lowest BCUT2D eigenvalue weighted by Crippen LogP contribution is -2.47. The second kappa shape index (κ2) is 6.75. The maximum absolute atomic E-state index is 12.4. The summed E-state index contributed by atoms with van der Waals surface area (Å²) in [7, 11) is 2.09. The molecule has 1 fully saturated rings. The van der Waals surface area contributed by atoms with Crippen LogP contribution in [0.2, 0.25) is 0 Å². The van der Waals surface area contributed by atoms with Crippen molar-refractivity contribution in [3.8, 4) is 5.75 Å². The summed E-state index contributed by atoms with van der Waals surface area (Å²) in [5.74, 6) is 1.36. The highest BCUT2D eigenvalue weighted by atomic mass is 16.5. The van der Waals surface area contributed by atoms with Crippen LogP contribution in [-0.4, -0.2) is 55.5 Å². The fourth-order valence-electron chi connectivity index (χ4n) is 2.17. The lowest BCUT2D eigenvalue weighted by atomic mass is 10.1. The van der Waals surface area contributed by atoms with E-state index in [1.165, 1.54) is 0 Å². The summed E-state index contributed by atoms with van der Waals surface area (Å²) in [6.07, 6.45) is 0. The third kappa shape index (κ3) is 3.97. The number of rotatable bonds is 4. The first-order chi connectivity index (χ1) is 9.56. The third-order valence-corrected chi connectivity index (χ3v) is 3.45. The molecule has 0 radical (unpaired) electrons. The van der Waals surface area contributed by atoms with E-state index in [-0.39, 0.29) is 5.91 Å². The van der Waals surface area contributed by atoms with E-state index in [1.807, 2.05) is 29.2 Å². The maximum Gasteiger partial charge on any atom is 0.254 e. The van der Waals surface area contributed by atoms with Crippen LogP contribution in [0.4, 0.5) is 0 Å². The first-order valence-electron chi connectivity index (χ1n) is 7.27. The van der Waals surface area contributed by atoms with Crippen LogP contribution in [0.1, 0.15) is 24.2 Å². The number of benzene rings is 1. The van der Waals surface area contributed by atoms with Crippen molar-refractivity contribution in [3.63, 3.8) is 0 Å². The summed E-state index contributed by atoms with van der Waals surface area (Å²) in [6.45, 7) is 8.37. The quantitative estimate of drug-likeness (QED) is 0.844. The molecule has 1 saturated heterocycles. The molecule has 1 aliphatic rings. The number of ether oxygens (including phenoxy) is 1. The molecule has 4 nitrogen and oxygen atoms in total. The van der Waals surface area contributed by atoms with Gasteiger partial charge in [-0.15, -0.1) is 0 Å². The van der Waals surface area contributed by atoms with Crippen molar-refractivity contribution < 1.29 is 9.53 Å². The van der Waals surface area contributed by atoms with Crippen LogP contribution in [0.3, 0.4) is 0 Å². The molecule has 4 heteroatoms. The van der Waals surface area contributed by atoms with E-state index < -0.39 is 0 Å². The predicted molar refractivity (Wildman–Crippen MR) is 80.2 cm³/mol. The van der Waals surface area contributed by atoms with Gasteiger partial charge in [0, 0.05) is 31.7 Å². The van der Waals surface area contributed by atoms with Crippen molar-refractivity contribution >= 4 is 5.91 Å². The zero-order valence-corrected chi connectivity index (χ0v) is 12.6. The Morgan fingerprint density at radius 3 is 2.60 bits per heavy atom. The first kappa shape index (κ1) is 14.9. The fourth-order valence-corrected chi connectivity index (χ4v) is 2.17. The number of carbonyl (C=O) groups is 1. The highest BCUT2D eigenvalue weighted by Gasteiger charge is 2.20. The van der Waals surface area contributed by atoms with Crippen molar-refractivity contribution in [2.75, 3.05) is 39.8 Å². The highest BCUT2D eigenvalue weighted by Crippen LogP contribution is 2.16. The summed E-state index contributed by atoms with van der Waals surface area (Å²) >= 11 is 0. The molecular weight excluding hydrogens is 252 g/mol. The van der Waals surface area contributed by atoms with Gasteiger partial charge in [0.25, 0.3) is 5.91 Å².